The molecule has 0 aromatic carbocycles. The van der Waals surface area contributed by atoms with Gasteiger partial charge in [-0.1, -0.05) is 6.08 Å². The zero-order chi connectivity index (χ0) is 13.8. The summed E-state index contributed by atoms with van der Waals surface area (Å²) in [4.78, 5) is 24.0. The van der Waals surface area contributed by atoms with Crippen LogP contribution >= 0.6 is 0 Å². The molecule has 0 spiro atoms. The van der Waals surface area contributed by atoms with Crippen LogP contribution < -0.4 is 0 Å². The Hall–Kier alpha value is -1.16. The van der Waals surface area contributed by atoms with Crippen LogP contribution in [-0.2, 0) is 19.1 Å². The number of carbonyl (C=O) groups excluding carboxylic acids is 2. The summed E-state index contributed by atoms with van der Waals surface area (Å²) in [6.07, 6.45) is 5.00. The number of hydrogen-bond donors (Lipinski definition) is 0. The first-order valence-corrected chi connectivity index (χ1v) is 7.20. The van der Waals surface area contributed by atoms with Crippen LogP contribution in [0.2, 0.25) is 0 Å². The second-order valence-corrected chi connectivity index (χ2v) is 5.14. The van der Waals surface area contributed by atoms with Gasteiger partial charge in [-0.15, -0.1) is 0 Å². The molecule has 0 heterocycles. The van der Waals surface area contributed by atoms with Crippen molar-refractivity contribution in [2.75, 3.05) is 13.2 Å². The summed E-state index contributed by atoms with van der Waals surface area (Å²) in [5.41, 5.74) is 0.834. The molecule has 0 N–H and O–H groups in total. The van der Waals surface area contributed by atoms with E-state index < -0.39 is 5.92 Å². The lowest BCUT2D eigenvalue weighted by Gasteiger charge is -2.35. The normalized spacial score (nSPS) is 30.5. The number of fused-ring (bicyclic) bond motifs is 1. The van der Waals surface area contributed by atoms with E-state index in [-0.39, 0.29) is 23.8 Å². The molecule has 0 unspecified atom stereocenters. The van der Waals surface area contributed by atoms with Crippen LogP contribution in [0.4, 0.5) is 0 Å². The maximum absolute atomic E-state index is 12.0. The second kappa shape index (κ2) is 6.33. The van der Waals surface area contributed by atoms with Crippen molar-refractivity contribution in [1.82, 2.24) is 0 Å². The Morgan fingerprint density at radius 3 is 2.84 bits per heavy atom. The lowest BCUT2D eigenvalue weighted by atomic mass is 9.73. The molecule has 4 heteroatoms. The minimum Gasteiger partial charge on any atom is -0.465 e. The fourth-order valence-corrected chi connectivity index (χ4v) is 3.08. The van der Waals surface area contributed by atoms with Crippen molar-refractivity contribution in [3.05, 3.63) is 11.6 Å². The van der Waals surface area contributed by atoms with Gasteiger partial charge >= 0.3 is 5.97 Å². The average molecular weight is 266 g/mol. The fraction of sp³-hybridized carbons (Fsp3) is 0.733. The second-order valence-electron chi connectivity index (χ2n) is 5.14. The molecule has 0 saturated heterocycles. The molecule has 0 bridgehead atoms. The van der Waals surface area contributed by atoms with Crippen molar-refractivity contribution in [2.24, 2.45) is 11.8 Å². The molecule has 4 nitrogen and oxygen atoms in total. The summed E-state index contributed by atoms with van der Waals surface area (Å²) in [6, 6.07) is 0. The number of Topliss-reactive ketones (excluding diaryl/α,β-unsaturated/α-hetero) is 1. The lowest BCUT2D eigenvalue weighted by molar-refractivity contribution is -0.152. The molecule has 106 valence electrons. The third-order valence-electron chi connectivity index (χ3n) is 3.93. The molecule has 0 amide bonds. The third kappa shape index (κ3) is 3.06. The smallest absolute Gasteiger partial charge is 0.315 e. The average Bonchev–Trinajstić information content (AvgIpc) is 2.39. The predicted molar refractivity (Wildman–Crippen MR) is 70.6 cm³/mol. The summed E-state index contributed by atoms with van der Waals surface area (Å²) in [5, 5.41) is 0. The zero-order valence-corrected chi connectivity index (χ0v) is 11.7. The summed E-state index contributed by atoms with van der Waals surface area (Å²) < 4.78 is 10.8. The molecule has 3 atom stereocenters. The van der Waals surface area contributed by atoms with E-state index in [1.807, 2.05) is 13.0 Å². The molecule has 0 aliphatic heterocycles. The Kier molecular flexibility index (Phi) is 4.75. The number of rotatable bonds is 4. The minimum atomic E-state index is -0.423. The number of esters is 1. The van der Waals surface area contributed by atoms with Crippen molar-refractivity contribution < 1.29 is 19.1 Å². The molecule has 2 rings (SSSR count). The monoisotopic (exact) mass is 266 g/mol. The molecule has 2 aliphatic rings. The van der Waals surface area contributed by atoms with Crippen molar-refractivity contribution in [2.45, 2.75) is 45.6 Å². The Morgan fingerprint density at radius 1 is 1.37 bits per heavy atom. The fourth-order valence-electron chi connectivity index (χ4n) is 3.08. The van der Waals surface area contributed by atoms with E-state index in [0.29, 0.717) is 19.6 Å². The van der Waals surface area contributed by atoms with Gasteiger partial charge in [-0.25, -0.2) is 0 Å². The van der Waals surface area contributed by atoms with Crippen LogP contribution in [0.3, 0.4) is 0 Å². The van der Waals surface area contributed by atoms with Gasteiger partial charge in [0.25, 0.3) is 0 Å². The van der Waals surface area contributed by atoms with E-state index in [1.165, 1.54) is 0 Å². The molecular weight excluding hydrogens is 244 g/mol. The molecule has 19 heavy (non-hydrogen) atoms. The van der Waals surface area contributed by atoms with Crippen molar-refractivity contribution in [3.63, 3.8) is 0 Å². The molecule has 1 fully saturated rings. The summed E-state index contributed by atoms with van der Waals surface area (Å²) in [6.45, 7) is 4.64. The van der Waals surface area contributed by atoms with Crippen LogP contribution in [0.5, 0.6) is 0 Å². The Bertz CT molecular complexity index is 386. The van der Waals surface area contributed by atoms with E-state index in [9.17, 15) is 9.59 Å². The van der Waals surface area contributed by atoms with Gasteiger partial charge in [-0.05, 0) is 44.6 Å². The van der Waals surface area contributed by atoms with Gasteiger partial charge in [0.1, 0.15) is 5.92 Å². The first kappa shape index (κ1) is 14.3. The van der Waals surface area contributed by atoms with Gasteiger partial charge < -0.3 is 9.47 Å². The SMILES string of the molecule is CCOC(=O)[C@@H]1C=C2C(=O)CCC[C@@H]2C[C@@H]1OCC. The topological polar surface area (TPSA) is 52.6 Å². The molecule has 1 saturated carbocycles. The highest BCUT2D eigenvalue weighted by molar-refractivity contribution is 5.97. The molecular formula is C15H22O4. The first-order valence-electron chi connectivity index (χ1n) is 7.20. The number of ketones is 1. The van der Waals surface area contributed by atoms with Gasteiger partial charge in [-0.2, -0.15) is 0 Å². The van der Waals surface area contributed by atoms with Crippen LogP contribution in [-0.4, -0.2) is 31.1 Å². The van der Waals surface area contributed by atoms with Crippen LogP contribution in [0.1, 0.15) is 39.5 Å². The standard InChI is InChI=1S/C15H22O4/c1-3-18-14-8-10-6-5-7-13(16)11(10)9-12(14)15(17)19-4-2/h9-10,12,14H,3-8H2,1-2H3/t10-,12-,14+/m1/s1. The van der Waals surface area contributed by atoms with Crippen molar-refractivity contribution >= 4 is 11.8 Å². The summed E-state index contributed by atoms with van der Waals surface area (Å²) >= 11 is 0. The highest BCUT2D eigenvalue weighted by Crippen LogP contribution is 2.38. The van der Waals surface area contributed by atoms with Crippen molar-refractivity contribution in [3.8, 4) is 0 Å². The van der Waals surface area contributed by atoms with Crippen molar-refractivity contribution in [1.29, 1.82) is 0 Å². The number of allylic oxidation sites excluding steroid dienone is 1. The third-order valence-corrected chi connectivity index (χ3v) is 3.93. The van der Waals surface area contributed by atoms with E-state index in [1.54, 1.807) is 6.92 Å². The van der Waals surface area contributed by atoms with Gasteiger partial charge in [0.15, 0.2) is 5.78 Å². The molecule has 0 radical (unpaired) electrons. The van der Waals surface area contributed by atoms with Gasteiger partial charge in [-0.3, -0.25) is 9.59 Å². The number of hydrogen-bond acceptors (Lipinski definition) is 4. The largest absolute Gasteiger partial charge is 0.465 e. The predicted octanol–water partition coefficient (Wildman–Crippen LogP) is 2.27. The van der Waals surface area contributed by atoms with E-state index in [0.717, 1.165) is 24.8 Å². The Labute approximate surface area is 114 Å². The van der Waals surface area contributed by atoms with Crippen LogP contribution in [0, 0.1) is 11.8 Å². The van der Waals surface area contributed by atoms with Gasteiger partial charge in [0.05, 0.1) is 12.7 Å². The number of carbonyl (C=O) groups is 2. The molecule has 2 aliphatic carbocycles. The highest BCUT2D eigenvalue weighted by Gasteiger charge is 2.39. The maximum Gasteiger partial charge on any atom is 0.315 e. The van der Waals surface area contributed by atoms with Crippen LogP contribution in [0.25, 0.3) is 0 Å². The highest BCUT2D eigenvalue weighted by atomic mass is 16.5. The lowest BCUT2D eigenvalue weighted by Crippen LogP contribution is -2.39. The summed E-state index contributed by atoms with van der Waals surface area (Å²) in [7, 11) is 0. The Morgan fingerprint density at radius 2 is 2.16 bits per heavy atom. The van der Waals surface area contributed by atoms with Gasteiger partial charge in [0.2, 0.25) is 0 Å². The van der Waals surface area contributed by atoms with Crippen LogP contribution in [0.15, 0.2) is 11.6 Å². The summed E-state index contributed by atoms with van der Waals surface area (Å²) in [5.74, 6) is -0.234. The quantitative estimate of drug-likeness (QED) is 0.732. The molecule has 0 aromatic heterocycles. The number of ether oxygens (including phenoxy) is 2. The first-order chi connectivity index (χ1) is 9.17. The maximum atomic E-state index is 12.0. The zero-order valence-electron chi connectivity index (χ0n) is 11.7. The molecule has 0 aromatic rings. The van der Waals surface area contributed by atoms with E-state index >= 15 is 0 Å². The Balaban J connectivity index is 2.22. The van der Waals surface area contributed by atoms with Gasteiger partial charge in [0, 0.05) is 13.0 Å². The van der Waals surface area contributed by atoms with E-state index in [4.69, 9.17) is 9.47 Å². The minimum absolute atomic E-state index is 0.149. The van der Waals surface area contributed by atoms with E-state index in [2.05, 4.69) is 0 Å².